The third kappa shape index (κ3) is 3.68. The van der Waals surface area contributed by atoms with Crippen LogP contribution in [0.5, 0.6) is 5.75 Å². The minimum atomic E-state index is 0.0519. The van der Waals surface area contributed by atoms with Crippen molar-refractivity contribution in [2.45, 2.75) is 32.9 Å². The predicted octanol–water partition coefficient (Wildman–Crippen LogP) is 2.17. The van der Waals surface area contributed by atoms with Crippen LogP contribution < -0.4 is 10.1 Å². The number of aromatic nitrogens is 1. The van der Waals surface area contributed by atoms with Gasteiger partial charge in [0.05, 0.1) is 19.3 Å². The third-order valence-corrected chi connectivity index (χ3v) is 2.64. The van der Waals surface area contributed by atoms with Crippen molar-refractivity contribution >= 4 is 0 Å². The summed E-state index contributed by atoms with van der Waals surface area (Å²) in [6.07, 6.45) is 1.84. The van der Waals surface area contributed by atoms with Crippen LogP contribution >= 0.6 is 0 Å². The standard InChI is InChI=1S/C13H22N2O2/c1-5-14-12(10(3)17-6-2)13-11(16-4)8-7-9-15-13/h7-10,12,14H,5-6H2,1-4H3. The van der Waals surface area contributed by atoms with Gasteiger partial charge < -0.3 is 14.8 Å². The molecule has 0 fully saturated rings. The van der Waals surface area contributed by atoms with Crippen LogP contribution in [0, 0.1) is 0 Å². The number of methoxy groups -OCH3 is 1. The number of ether oxygens (including phenoxy) is 2. The van der Waals surface area contributed by atoms with Gasteiger partial charge in [0.2, 0.25) is 0 Å². The van der Waals surface area contributed by atoms with Gasteiger partial charge in [-0.05, 0) is 32.5 Å². The Balaban J connectivity index is 2.95. The maximum Gasteiger partial charge on any atom is 0.142 e. The maximum atomic E-state index is 5.65. The highest BCUT2D eigenvalue weighted by Crippen LogP contribution is 2.25. The summed E-state index contributed by atoms with van der Waals surface area (Å²) in [6, 6.07) is 3.85. The third-order valence-electron chi connectivity index (χ3n) is 2.64. The molecule has 0 aliphatic carbocycles. The fraction of sp³-hybridized carbons (Fsp3) is 0.615. The lowest BCUT2D eigenvalue weighted by atomic mass is 10.1. The number of pyridine rings is 1. The van der Waals surface area contributed by atoms with Crippen molar-refractivity contribution in [2.24, 2.45) is 0 Å². The van der Waals surface area contributed by atoms with Crippen molar-refractivity contribution in [2.75, 3.05) is 20.3 Å². The van der Waals surface area contributed by atoms with Crippen molar-refractivity contribution in [1.82, 2.24) is 10.3 Å². The molecule has 0 saturated heterocycles. The second-order valence-electron chi connectivity index (χ2n) is 3.79. The molecule has 0 amide bonds. The largest absolute Gasteiger partial charge is 0.495 e. The minimum absolute atomic E-state index is 0.0519. The molecule has 4 heteroatoms. The van der Waals surface area contributed by atoms with Crippen molar-refractivity contribution in [3.8, 4) is 5.75 Å². The van der Waals surface area contributed by atoms with E-state index in [0.29, 0.717) is 6.61 Å². The molecule has 0 saturated carbocycles. The van der Waals surface area contributed by atoms with Crippen molar-refractivity contribution in [3.63, 3.8) is 0 Å². The zero-order chi connectivity index (χ0) is 12.7. The van der Waals surface area contributed by atoms with Crippen LogP contribution in [0.3, 0.4) is 0 Å². The lowest BCUT2D eigenvalue weighted by molar-refractivity contribution is 0.0458. The SMILES string of the molecule is CCNC(c1ncccc1OC)C(C)OCC. The van der Waals surface area contributed by atoms with Crippen LogP contribution in [-0.2, 0) is 4.74 Å². The molecule has 0 aromatic carbocycles. The molecular weight excluding hydrogens is 216 g/mol. The second kappa shape index (κ2) is 7.25. The highest BCUT2D eigenvalue weighted by Gasteiger charge is 2.23. The molecule has 0 bridgehead atoms. The summed E-state index contributed by atoms with van der Waals surface area (Å²) >= 11 is 0. The summed E-state index contributed by atoms with van der Waals surface area (Å²) in [4.78, 5) is 4.40. The smallest absolute Gasteiger partial charge is 0.142 e. The van der Waals surface area contributed by atoms with Gasteiger partial charge in [-0.3, -0.25) is 4.98 Å². The van der Waals surface area contributed by atoms with Crippen molar-refractivity contribution < 1.29 is 9.47 Å². The molecule has 0 spiro atoms. The van der Waals surface area contributed by atoms with E-state index in [1.165, 1.54) is 0 Å². The molecule has 2 atom stereocenters. The van der Waals surface area contributed by atoms with E-state index in [1.54, 1.807) is 13.3 Å². The Morgan fingerprint density at radius 2 is 2.18 bits per heavy atom. The summed E-state index contributed by atoms with van der Waals surface area (Å²) in [7, 11) is 1.66. The highest BCUT2D eigenvalue weighted by molar-refractivity contribution is 5.30. The Hall–Kier alpha value is -1.13. The van der Waals surface area contributed by atoms with E-state index in [9.17, 15) is 0 Å². The monoisotopic (exact) mass is 238 g/mol. The van der Waals surface area contributed by atoms with Crippen LogP contribution in [0.1, 0.15) is 32.5 Å². The van der Waals surface area contributed by atoms with Gasteiger partial charge in [-0.15, -0.1) is 0 Å². The summed E-state index contributed by atoms with van der Waals surface area (Å²) in [6.45, 7) is 7.67. The zero-order valence-corrected chi connectivity index (χ0v) is 11.1. The zero-order valence-electron chi connectivity index (χ0n) is 11.1. The van der Waals surface area contributed by atoms with Crippen LogP contribution in [0.4, 0.5) is 0 Å². The first-order valence-corrected chi connectivity index (χ1v) is 6.08. The molecule has 1 N–H and O–H groups in total. The molecule has 1 heterocycles. The Morgan fingerprint density at radius 1 is 1.41 bits per heavy atom. The summed E-state index contributed by atoms with van der Waals surface area (Å²) in [5, 5.41) is 3.39. The quantitative estimate of drug-likeness (QED) is 0.790. The van der Waals surface area contributed by atoms with E-state index < -0.39 is 0 Å². The van der Waals surface area contributed by atoms with Crippen molar-refractivity contribution in [1.29, 1.82) is 0 Å². The second-order valence-corrected chi connectivity index (χ2v) is 3.79. The molecule has 96 valence electrons. The Kier molecular flexibility index (Phi) is 5.94. The Morgan fingerprint density at radius 3 is 2.76 bits per heavy atom. The molecule has 17 heavy (non-hydrogen) atoms. The van der Waals surface area contributed by atoms with Gasteiger partial charge in [0.1, 0.15) is 11.4 Å². The van der Waals surface area contributed by atoms with Gasteiger partial charge >= 0.3 is 0 Å². The van der Waals surface area contributed by atoms with Gasteiger partial charge in [0.15, 0.2) is 0 Å². The molecule has 0 aliphatic rings. The molecule has 1 aromatic rings. The van der Waals surface area contributed by atoms with E-state index in [2.05, 4.69) is 17.2 Å². The molecule has 1 rings (SSSR count). The Labute approximate surface area is 103 Å². The predicted molar refractivity (Wildman–Crippen MR) is 68.3 cm³/mol. The number of hydrogen-bond donors (Lipinski definition) is 1. The Bertz CT molecular complexity index is 331. The van der Waals surface area contributed by atoms with E-state index in [1.807, 2.05) is 26.0 Å². The van der Waals surface area contributed by atoms with Gasteiger partial charge in [-0.25, -0.2) is 0 Å². The number of rotatable bonds is 7. The van der Waals surface area contributed by atoms with Gasteiger partial charge in [0, 0.05) is 12.8 Å². The number of likely N-dealkylation sites (N-methyl/N-ethyl adjacent to an activating group) is 1. The van der Waals surface area contributed by atoms with Gasteiger partial charge in [-0.2, -0.15) is 0 Å². The van der Waals surface area contributed by atoms with Crippen LogP contribution in [0.25, 0.3) is 0 Å². The molecule has 2 unspecified atom stereocenters. The minimum Gasteiger partial charge on any atom is -0.495 e. The number of hydrogen-bond acceptors (Lipinski definition) is 4. The molecule has 0 aliphatic heterocycles. The summed E-state index contributed by atoms with van der Waals surface area (Å²) in [5.41, 5.74) is 0.901. The molecule has 4 nitrogen and oxygen atoms in total. The fourth-order valence-corrected chi connectivity index (χ4v) is 1.87. The van der Waals surface area contributed by atoms with Gasteiger partial charge in [-0.1, -0.05) is 6.92 Å². The maximum absolute atomic E-state index is 5.65. The first kappa shape index (κ1) is 13.9. The first-order valence-electron chi connectivity index (χ1n) is 6.08. The number of nitrogens with zero attached hydrogens (tertiary/aromatic N) is 1. The van der Waals surface area contributed by atoms with Gasteiger partial charge in [0.25, 0.3) is 0 Å². The van der Waals surface area contributed by atoms with Crippen LogP contribution in [0.15, 0.2) is 18.3 Å². The normalized spacial score (nSPS) is 14.4. The lowest BCUT2D eigenvalue weighted by Crippen LogP contribution is -2.33. The van der Waals surface area contributed by atoms with E-state index in [-0.39, 0.29) is 12.1 Å². The topological polar surface area (TPSA) is 43.4 Å². The molecule has 0 radical (unpaired) electrons. The first-order chi connectivity index (χ1) is 8.24. The average molecular weight is 238 g/mol. The van der Waals surface area contributed by atoms with Crippen molar-refractivity contribution in [3.05, 3.63) is 24.0 Å². The fourth-order valence-electron chi connectivity index (χ4n) is 1.87. The highest BCUT2D eigenvalue weighted by atomic mass is 16.5. The molecule has 1 aromatic heterocycles. The van der Waals surface area contributed by atoms with E-state index in [4.69, 9.17) is 9.47 Å². The number of nitrogens with one attached hydrogen (secondary N) is 1. The summed E-state index contributed by atoms with van der Waals surface area (Å²) < 4.78 is 11.0. The van der Waals surface area contributed by atoms with E-state index in [0.717, 1.165) is 18.0 Å². The average Bonchev–Trinajstić information content (AvgIpc) is 2.36. The lowest BCUT2D eigenvalue weighted by Gasteiger charge is -2.25. The molecular formula is C13H22N2O2. The van der Waals surface area contributed by atoms with E-state index >= 15 is 0 Å². The van der Waals surface area contributed by atoms with Crippen LogP contribution in [0.2, 0.25) is 0 Å². The van der Waals surface area contributed by atoms with Crippen LogP contribution in [-0.4, -0.2) is 31.3 Å². The summed E-state index contributed by atoms with van der Waals surface area (Å²) in [5.74, 6) is 0.796.